The number of aryl methyl sites for hydroxylation is 1. The standard InChI is InChI=1S/C26H34O/c1-4-6-7-10-23-11-13-24(14-12-23)15-16-25-17-19-26(20-18-25)27-21-8-9-22(3)5-2/h11-14,17-20,22H,4-10,21H2,1-3H3. The van der Waals surface area contributed by atoms with Crippen LogP contribution < -0.4 is 4.74 Å². The maximum atomic E-state index is 5.82. The fourth-order valence-corrected chi connectivity index (χ4v) is 2.94. The largest absolute Gasteiger partial charge is 0.494 e. The van der Waals surface area contributed by atoms with Gasteiger partial charge in [-0.1, -0.05) is 64.0 Å². The SMILES string of the molecule is CCCCCc1ccc(C#Cc2ccc(OCCCC(C)CC)cc2)cc1. The molecule has 2 aromatic carbocycles. The number of unbranched alkanes of at least 4 members (excludes halogenated alkanes) is 2. The van der Waals surface area contributed by atoms with E-state index in [1.54, 1.807) is 0 Å². The quantitative estimate of drug-likeness (QED) is 0.326. The van der Waals surface area contributed by atoms with Crippen LogP contribution in [-0.2, 0) is 6.42 Å². The van der Waals surface area contributed by atoms with Crippen LogP contribution in [0.2, 0.25) is 0 Å². The normalized spacial score (nSPS) is 11.5. The van der Waals surface area contributed by atoms with Crippen LogP contribution in [0.3, 0.4) is 0 Å². The Morgan fingerprint density at radius 2 is 1.44 bits per heavy atom. The summed E-state index contributed by atoms with van der Waals surface area (Å²) < 4.78 is 5.82. The molecule has 0 amide bonds. The fourth-order valence-electron chi connectivity index (χ4n) is 2.94. The minimum Gasteiger partial charge on any atom is -0.494 e. The molecule has 2 rings (SSSR count). The van der Waals surface area contributed by atoms with E-state index in [0.717, 1.165) is 35.8 Å². The first-order valence-corrected chi connectivity index (χ1v) is 10.5. The van der Waals surface area contributed by atoms with E-state index < -0.39 is 0 Å². The van der Waals surface area contributed by atoms with E-state index in [4.69, 9.17) is 4.74 Å². The first-order valence-electron chi connectivity index (χ1n) is 10.5. The highest BCUT2D eigenvalue weighted by Crippen LogP contribution is 2.14. The second-order valence-corrected chi connectivity index (χ2v) is 7.43. The lowest BCUT2D eigenvalue weighted by Crippen LogP contribution is -2.00. The average Bonchev–Trinajstić information content (AvgIpc) is 2.71. The number of hydrogen-bond acceptors (Lipinski definition) is 1. The Morgan fingerprint density at radius 1 is 0.815 bits per heavy atom. The van der Waals surface area contributed by atoms with Gasteiger partial charge in [-0.15, -0.1) is 0 Å². The molecule has 27 heavy (non-hydrogen) atoms. The molecule has 0 N–H and O–H groups in total. The van der Waals surface area contributed by atoms with Crippen molar-refractivity contribution in [2.75, 3.05) is 6.61 Å². The van der Waals surface area contributed by atoms with Crippen LogP contribution in [0.5, 0.6) is 5.75 Å². The van der Waals surface area contributed by atoms with Gasteiger partial charge in [-0.3, -0.25) is 0 Å². The zero-order chi connectivity index (χ0) is 19.3. The van der Waals surface area contributed by atoms with E-state index in [-0.39, 0.29) is 0 Å². The van der Waals surface area contributed by atoms with E-state index >= 15 is 0 Å². The van der Waals surface area contributed by atoms with E-state index in [1.807, 2.05) is 24.3 Å². The highest BCUT2D eigenvalue weighted by molar-refractivity contribution is 5.44. The third-order valence-electron chi connectivity index (χ3n) is 5.04. The van der Waals surface area contributed by atoms with Gasteiger partial charge in [0.05, 0.1) is 6.61 Å². The topological polar surface area (TPSA) is 9.23 Å². The van der Waals surface area contributed by atoms with E-state index in [1.165, 1.54) is 44.1 Å². The number of rotatable bonds is 10. The molecule has 0 fully saturated rings. The third-order valence-corrected chi connectivity index (χ3v) is 5.04. The van der Waals surface area contributed by atoms with Crippen molar-refractivity contribution in [3.63, 3.8) is 0 Å². The van der Waals surface area contributed by atoms with Gasteiger partial charge in [-0.2, -0.15) is 0 Å². The smallest absolute Gasteiger partial charge is 0.119 e. The number of ether oxygens (including phenoxy) is 1. The minimum absolute atomic E-state index is 0.789. The van der Waals surface area contributed by atoms with Gasteiger partial charge in [-0.25, -0.2) is 0 Å². The van der Waals surface area contributed by atoms with Gasteiger partial charge in [-0.05, 0) is 73.6 Å². The molecule has 144 valence electrons. The van der Waals surface area contributed by atoms with Crippen LogP contribution in [0.15, 0.2) is 48.5 Å². The molecule has 0 bridgehead atoms. The lowest BCUT2D eigenvalue weighted by Gasteiger charge is -2.09. The molecule has 1 atom stereocenters. The van der Waals surface area contributed by atoms with Crippen LogP contribution >= 0.6 is 0 Å². The molecular weight excluding hydrogens is 328 g/mol. The van der Waals surface area contributed by atoms with Gasteiger partial charge in [0.2, 0.25) is 0 Å². The molecule has 0 aliphatic heterocycles. The summed E-state index contributed by atoms with van der Waals surface area (Å²) in [5.41, 5.74) is 3.50. The van der Waals surface area contributed by atoms with Gasteiger partial charge in [0, 0.05) is 11.1 Å². The third kappa shape index (κ3) is 8.35. The van der Waals surface area contributed by atoms with Crippen LogP contribution in [0, 0.1) is 17.8 Å². The van der Waals surface area contributed by atoms with E-state index in [9.17, 15) is 0 Å². The van der Waals surface area contributed by atoms with Gasteiger partial charge in [0.15, 0.2) is 0 Å². The maximum absolute atomic E-state index is 5.82. The Hall–Kier alpha value is -2.20. The van der Waals surface area contributed by atoms with Gasteiger partial charge in [0.25, 0.3) is 0 Å². The lowest BCUT2D eigenvalue weighted by molar-refractivity contribution is 0.294. The van der Waals surface area contributed by atoms with Crippen molar-refractivity contribution in [1.29, 1.82) is 0 Å². The van der Waals surface area contributed by atoms with Gasteiger partial charge in [0.1, 0.15) is 5.75 Å². The van der Waals surface area contributed by atoms with Crippen molar-refractivity contribution in [2.45, 2.75) is 65.7 Å². The number of hydrogen-bond donors (Lipinski definition) is 0. The van der Waals surface area contributed by atoms with E-state index in [2.05, 4.69) is 56.9 Å². The Balaban J connectivity index is 1.80. The fraction of sp³-hybridized carbons (Fsp3) is 0.462. The summed E-state index contributed by atoms with van der Waals surface area (Å²) in [4.78, 5) is 0. The molecule has 0 saturated heterocycles. The molecule has 0 heterocycles. The average molecular weight is 363 g/mol. The van der Waals surface area contributed by atoms with Crippen LogP contribution in [0.25, 0.3) is 0 Å². The summed E-state index contributed by atoms with van der Waals surface area (Å²) in [6.07, 6.45) is 8.61. The predicted molar refractivity (Wildman–Crippen MR) is 116 cm³/mol. The zero-order valence-electron chi connectivity index (χ0n) is 17.3. The van der Waals surface area contributed by atoms with Crippen molar-refractivity contribution in [3.8, 4) is 17.6 Å². The molecule has 0 aromatic heterocycles. The van der Waals surface area contributed by atoms with Crippen LogP contribution in [0.4, 0.5) is 0 Å². The van der Waals surface area contributed by atoms with Crippen molar-refractivity contribution in [2.24, 2.45) is 5.92 Å². The summed E-state index contributed by atoms with van der Waals surface area (Å²) in [6.45, 7) is 7.58. The highest BCUT2D eigenvalue weighted by Gasteiger charge is 1.99. The molecule has 2 aromatic rings. The summed E-state index contributed by atoms with van der Waals surface area (Å²) >= 11 is 0. The Morgan fingerprint density at radius 3 is 2.04 bits per heavy atom. The summed E-state index contributed by atoms with van der Waals surface area (Å²) in [6, 6.07) is 16.8. The Kier molecular flexibility index (Phi) is 9.56. The second kappa shape index (κ2) is 12.2. The molecule has 0 spiro atoms. The molecule has 1 heteroatoms. The Labute approximate surface area is 166 Å². The Bertz CT molecular complexity index is 701. The molecule has 0 aliphatic carbocycles. The highest BCUT2D eigenvalue weighted by atomic mass is 16.5. The lowest BCUT2D eigenvalue weighted by atomic mass is 10.0. The van der Waals surface area contributed by atoms with Crippen molar-refractivity contribution in [1.82, 2.24) is 0 Å². The summed E-state index contributed by atoms with van der Waals surface area (Å²) in [5, 5.41) is 0. The predicted octanol–water partition coefficient (Wildman–Crippen LogP) is 7.02. The first-order chi connectivity index (χ1) is 13.2. The molecule has 0 aliphatic rings. The number of benzene rings is 2. The molecule has 1 unspecified atom stereocenters. The molecular formula is C26H34O. The summed E-state index contributed by atoms with van der Waals surface area (Å²) in [5.74, 6) is 8.22. The first kappa shape index (κ1) is 21.1. The van der Waals surface area contributed by atoms with Crippen molar-refractivity contribution in [3.05, 3.63) is 65.2 Å². The van der Waals surface area contributed by atoms with Gasteiger partial charge >= 0.3 is 0 Å². The molecule has 0 saturated carbocycles. The second-order valence-electron chi connectivity index (χ2n) is 7.43. The van der Waals surface area contributed by atoms with E-state index in [0.29, 0.717) is 0 Å². The van der Waals surface area contributed by atoms with Crippen LogP contribution in [0.1, 0.15) is 76.0 Å². The van der Waals surface area contributed by atoms with Crippen LogP contribution in [-0.4, -0.2) is 6.61 Å². The van der Waals surface area contributed by atoms with Gasteiger partial charge < -0.3 is 4.74 Å². The molecule has 0 radical (unpaired) electrons. The maximum Gasteiger partial charge on any atom is 0.119 e. The monoisotopic (exact) mass is 362 g/mol. The zero-order valence-corrected chi connectivity index (χ0v) is 17.3. The molecule has 1 nitrogen and oxygen atoms in total. The van der Waals surface area contributed by atoms with Crippen molar-refractivity contribution >= 4 is 0 Å². The van der Waals surface area contributed by atoms with Crippen molar-refractivity contribution < 1.29 is 4.74 Å². The summed E-state index contributed by atoms with van der Waals surface area (Å²) in [7, 11) is 0. The minimum atomic E-state index is 0.789.